The van der Waals surface area contributed by atoms with E-state index < -0.39 is 26.3 Å². The molecule has 0 radical (unpaired) electrons. The van der Waals surface area contributed by atoms with Crippen molar-refractivity contribution in [3.8, 4) is 0 Å². The van der Waals surface area contributed by atoms with Crippen LogP contribution in [0.2, 0.25) is 0 Å². The van der Waals surface area contributed by atoms with Gasteiger partial charge in [0.1, 0.15) is 6.61 Å². The largest absolute Gasteiger partial charge is 0.462 e. The van der Waals surface area contributed by atoms with E-state index in [4.69, 9.17) is 9.47 Å². The van der Waals surface area contributed by atoms with Crippen molar-refractivity contribution in [2.24, 2.45) is 0 Å². The van der Waals surface area contributed by atoms with Gasteiger partial charge in [-0.2, -0.15) is 0 Å². The molecule has 17 heavy (non-hydrogen) atoms. The van der Waals surface area contributed by atoms with E-state index in [0.29, 0.717) is 6.61 Å². The van der Waals surface area contributed by atoms with Crippen molar-refractivity contribution in [1.29, 1.82) is 0 Å². The van der Waals surface area contributed by atoms with Gasteiger partial charge >= 0.3 is 5.97 Å². The molecule has 1 fully saturated rings. The predicted molar refractivity (Wildman–Crippen MR) is 63.5 cm³/mol. The summed E-state index contributed by atoms with van der Waals surface area (Å²) in [6, 6.07) is 0. The van der Waals surface area contributed by atoms with Gasteiger partial charge in [-0.05, 0) is 33.6 Å². The van der Waals surface area contributed by atoms with E-state index in [2.05, 4.69) is 0 Å². The normalized spacial score (nSPS) is 22.7. The SMILES string of the molecule is CC(C)S(=O)(=O)[C@H](C)C(=O)OC[C@H]1CCCO1. The first-order valence-corrected chi connectivity index (χ1v) is 7.47. The van der Waals surface area contributed by atoms with Crippen molar-refractivity contribution < 1.29 is 22.7 Å². The molecule has 0 aromatic rings. The summed E-state index contributed by atoms with van der Waals surface area (Å²) >= 11 is 0. The van der Waals surface area contributed by atoms with Crippen molar-refractivity contribution >= 4 is 15.8 Å². The van der Waals surface area contributed by atoms with Crippen LogP contribution in [0, 0.1) is 0 Å². The first-order chi connectivity index (χ1) is 7.85. The Hall–Kier alpha value is -0.620. The fraction of sp³-hybridized carbons (Fsp3) is 0.909. The molecule has 0 N–H and O–H groups in total. The number of rotatable bonds is 5. The molecule has 1 rings (SSSR count). The summed E-state index contributed by atoms with van der Waals surface area (Å²) in [6.45, 7) is 5.31. The Labute approximate surface area is 102 Å². The molecular formula is C11H20O5S. The molecule has 6 heteroatoms. The predicted octanol–water partition coefficient (Wildman–Crippen LogP) is 0.920. The highest BCUT2D eigenvalue weighted by Crippen LogP contribution is 2.14. The van der Waals surface area contributed by atoms with Gasteiger partial charge in [-0.1, -0.05) is 0 Å². The van der Waals surface area contributed by atoms with Crippen LogP contribution in [0.4, 0.5) is 0 Å². The van der Waals surface area contributed by atoms with E-state index in [1.807, 2.05) is 0 Å². The van der Waals surface area contributed by atoms with Gasteiger partial charge in [0.2, 0.25) is 0 Å². The lowest BCUT2D eigenvalue weighted by atomic mass is 10.2. The van der Waals surface area contributed by atoms with Crippen LogP contribution in [0.15, 0.2) is 0 Å². The minimum absolute atomic E-state index is 0.0760. The van der Waals surface area contributed by atoms with Crippen LogP contribution in [0.25, 0.3) is 0 Å². The molecule has 0 amide bonds. The number of ether oxygens (including phenoxy) is 2. The van der Waals surface area contributed by atoms with Gasteiger partial charge in [0, 0.05) is 6.61 Å². The maximum Gasteiger partial charge on any atom is 0.324 e. The summed E-state index contributed by atoms with van der Waals surface area (Å²) in [5, 5.41) is -1.68. The lowest BCUT2D eigenvalue weighted by Gasteiger charge is -2.16. The topological polar surface area (TPSA) is 69.7 Å². The number of hydrogen-bond acceptors (Lipinski definition) is 5. The summed E-state index contributed by atoms with van der Waals surface area (Å²) < 4.78 is 33.7. The highest BCUT2D eigenvalue weighted by molar-refractivity contribution is 7.93. The quantitative estimate of drug-likeness (QED) is 0.691. The number of esters is 1. The van der Waals surface area contributed by atoms with Crippen molar-refractivity contribution in [2.75, 3.05) is 13.2 Å². The molecule has 0 bridgehead atoms. The minimum Gasteiger partial charge on any atom is -0.462 e. The van der Waals surface area contributed by atoms with Crippen LogP contribution in [0.1, 0.15) is 33.6 Å². The van der Waals surface area contributed by atoms with Gasteiger partial charge in [0.05, 0.1) is 11.4 Å². The summed E-state index contributed by atoms with van der Waals surface area (Å²) in [4.78, 5) is 11.6. The van der Waals surface area contributed by atoms with Crippen molar-refractivity contribution in [1.82, 2.24) is 0 Å². The average molecular weight is 264 g/mol. The summed E-state index contributed by atoms with van der Waals surface area (Å²) in [7, 11) is -3.44. The second-order valence-electron chi connectivity index (χ2n) is 4.55. The zero-order chi connectivity index (χ0) is 13.1. The second kappa shape index (κ2) is 5.82. The van der Waals surface area contributed by atoms with Crippen molar-refractivity contribution in [3.63, 3.8) is 0 Å². The van der Waals surface area contributed by atoms with Crippen LogP contribution >= 0.6 is 0 Å². The minimum atomic E-state index is -3.44. The molecule has 0 aliphatic carbocycles. The number of carbonyl (C=O) groups excluding carboxylic acids is 1. The zero-order valence-electron chi connectivity index (χ0n) is 10.5. The Morgan fingerprint density at radius 3 is 2.53 bits per heavy atom. The molecule has 0 aromatic carbocycles. The van der Waals surface area contributed by atoms with Gasteiger partial charge < -0.3 is 9.47 Å². The Morgan fingerprint density at radius 2 is 2.06 bits per heavy atom. The third kappa shape index (κ3) is 3.67. The van der Waals surface area contributed by atoms with Gasteiger partial charge in [-0.15, -0.1) is 0 Å². The molecule has 1 saturated heterocycles. The Balaban J connectivity index is 2.46. The lowest BCUT2D eigenvalue weighted by Crippen LogP contribution is -2.35. The van der Waals surface area contributed by atoms with Crippen LogP contribution in [-0.4, -0.2) is 44.2 Å². The zero-order valence-corrected chi connectivity index (χ0v) is 11.3. The first-order valence-electron chi connectivity index (χ1n) is 5.86. The molecule has 0 spiro atoms. The molecule has 1 aliphatic rings. The molecule has 1 heterocycles. The van der Waals surface area contributed by atoms with E-state index in [1.165, 1.54) is 6.92 Å². The summed E-state index contributed by atoms with van der Waals surface area (Å²) in [5.41, 5.74) is 0. The van der Waals surface area contributed by atoms with Gasteiger partial charge in [-0.25, -0.2) is 8.42 Å². The number of sulfone groups is 1. The molecule has 5 nitrogen and oxygen atoms in total. The molecule has 100 valence electrons. The fourth-order valence-electron chi connectivity index (χ4n) is 1.61. The average Bonchev–Trinajstić information content (AvgIpc) is 2.77. The maximum atomic E-state index is 11.7. The van der Waals surface area contributed by atoms with Crippen molar-refractivity contribution in [3.05, 3.63) is 0 Å². The lowest BCUT2D eigenvalue weighted by molar-refractivity contribution is -0.146. The van der Waals surface area contributed by atoms with E-state index >= 15 is 0 Å². The van der Waals surface area contributed by atoms with Crippen LogP contribution < -0.4 is 0 Å². The van der Waals surface area contributed by atoms with E-state index in [0.717, 1.165) is 12.8 Å². The summed E-state index contributed by atoms with van der Waals surface area (Å²) in [5.74, 6) is -0.686. The Kier molecular flexibility index (Phi) is 4.94. The highest BCUT2D eigenvalue weighted by atomic mass is 32.2. The standard InChI is InChI=1S/C11H20O5S/c1-8(2)17(13,14)9(3)11(12)16-7-10-5-4-6-15-10/h8-10H,4-7H2,1-3H3/t9-,10-/m1/s1. The number of hydrogen-bond donors (Lipinski definition) is 0. The summed E-state index contributed by atoms with van der Waals surface area (Å²) in [6.07, 6.45) is 1.74. The van der Waals surface area contributed by atoms with Gasteiger partial charge in [0.15, 0.2) is 15.1 Å². The van der Waals surface area contributed by atoms with Crippen LogP contribution in [0.5, 0.6) is 0 Å². The highest BCUT2D eigenvalue weighted by Gasteiger charge is 2.32. The monoisotopic (exact) mass is 264 g/mol. The fourth-order valence-corrected chi connectivity index (χ4v) is 2.76. The van der Waals surface area contributed by atoms with Crippen molar-refractivity contribution in [2.45, 2.75) is 50.2 Å². The molecule has 0 unspecified atom stereocenters. The molecule has 2 atom stereocenters. The molecule has 0 saturated carbocycles. The van der Waals surface area contributed by atoms with E-state index in [-0.39, 0.29) is 12.7 Å². The maximum absolute atomic E-state index is 11.7. The van der Waals surface area contributed by atoms with E-state index in [9.17, 15) is 13.2 Å². The third-order valence-electron chi connectivity index (χ3n) is 2.92. The Morgan fingerprint density at radius 1 is 1.41 bits per heavy atom. The number of carbonyl (C=O) groups is 1. The van der Waals surface area contributed by atoms with Crippen LogP contribution in [0.3, 0.4) is 0 Å². The Bertz CT molecular complexity index is 354. The van der Waals surface area contributed by atoms with E-state index in [1.54, 1.807) is 13.8 Å². The first kappa shape index (κ1) is 14.4. The van der Waals surface area contributed by atoms with Crippen LogP contribution in [-0.2, 0) is 24.1 Å². The van der Waals surface area contributed by atoms with Gasteiger partial charge in [0.25, 0.3) is 0 Å². The molecule has 0 aromatic heterocycles. The second-order valence-corrected chi connectivity index (χ2v) is 7.37. The molecule has 1 aliphatic heterocycles. The van der Waals surface area contributed by atoms with Gasteiger partial charge in [-0.3, -0.25) is 4.79 Å². The molecular weight excluding hydrogens is 244 g/mol. The third-order valence-corrected chi connectivity index (χ3v) is 5.41. The smallest absolute Gasteiger partial charge is 0.324 e.